The molecule has 0 aliphatic heterocycles. The second kappa shape index (κ2) is 5.84. The largest absolute Gasteiger partial charge is 0.381 e. The third-order valence-electron chi connectivity index (χ3n) is 2.89. The fourth-order valence-corrected chi connectivity index (χ4v) is 2.47. The summed E-state index contributed by atoms with van der Waals surface area (Å²) in [5.74, 6) is 0.522. The van der Waals surface area contributed by atoms with E-state index in [0.29, 0.717) is 12.5 Å². The molecule has 5 heteroatoms. The summed E-state index contributed by atoms with van der Waals surface area (Å²) in [4.78, 5) is 10.2. The van der Waals surface area contributed by atoms with Gasteiger partial charge in [0.15, 0.2) is 0 Å². The van der Waals surface area contributed by atoms with E-state index >= 15 is 0 Å². The maximum absolute atomic E-state index is 10.6. The van der Waals surface area contributed by atoms with E-state index in [0.717, 1.165) is 22.6 Å². The van der Waals surface area contributed by atoms with E-state index in [1.54, 1.807) is 6.07 Å². The lowest BCUT2D eigenvalue weighted by Crippen LogP contribution is -1.98. The van der Waals surface area contributed by atoms with Crippen LogP contribution in [-0.2, 0) is 6.54 Å². The van der Waals surface area contributed by atoms with Gasteiger partial charge in [0.1, 0.15) is 0 Å². The van der Waals surface area contributed by atoms with Crippen LogP contribution in [-0.4, -0.2) is 4.92 Å². The average Bonchev–Trinajstić information content (AvgIpc) is 2.86. The van der Waals surface area contributed by atoms with E-state index in [9.17, 15) is 10.1 Å². The molecule has 0 unspecified atom stereocenters. The third-order valence-corrected chi connectivity index (χ3v) is 3.82. The molecule has 2 rings (SSSR count). The number of nitrogens with zero attached hydrogens (tertiary/aromatic N) is 1. The van der Waals surface area contributed by atoms with E-state index in [4.69, 9.17) is 0 Å². The normalized spacial score (nSPS) is 10.7. The van der Waals surface area contributed by atoms with Gasteiger partial charge in [0.25, 0.3) is 0 Å². The first-order valence-corrected chi connectivity index (χ1v) is 7.00. The highest BCUT2D eigenvalue weighted by Crippen LogP contribution is 2.23. The molecule has 4 nitrogen and oxygen atoms in total. The summed E-state index contributed by atoms with van der Waals surface area (Å²) in [5, 5.41) is 15.8. The minimum absolute atomic E-state index is 0.187. The van der Waals surface area contributed by atoms with Crippen molar-refractivity contribution in [3.05, 3.63) is 57.0 Å². The molecule has 0 saturated heterocycles. The van der Waals surface area contributed by atoms with Gasteiger partial charge in [-0.1, -0.05) is 37.3 Å². The fraction of sp³-hybridized carbons (Fsp3) is 0.286. The van der Waals surface area contributed by atoms with Gasteiger partial charge in [0.2, 0.25) is 0 Å². The average molecular weight is 276 g/mol. The smallest absolute Gasteiger partial charge is 0.324 e. The first-order valence-electron chi connectivity index (χ1n) is 6.12. The Morgan fingerprint density at radius 1 is 1.32 bits per heavy atom. The van der Waals surface area contributed by atoms with Crippen LogP contribution >= 0.6 is 11.3 Å². The summed E-state index contributed by atoms with van der Waals surface area (Å²) in [5.41, 5.74) is 3.26. The zero-order valence-electron chi connectivity index (χ0n) is 10.9. The zero-order chi connectivity index (χ0) is 13.8. The number of hydrogen-bond acceptors (Lipinski definition) is 4. The maximum atomic E-state index is 10.6. The quantitative estimate of drug-likeness (QED) is 0.650. The molecule has 2 aromatic rings. The molecule has 0 bridgehead atoms. The van der Waals surface area contributed by atoms with Crippen molar-refractivity contribution in [1.82, 2.24) is 0 Å². The molecule has 1 N–H and O–H groups in total. The summed E-state index contributed by atoms with van der Waals surface area (Å²) in [6.07, 6.45) is 0. The molecule has 0 saturated carbocycles. The van der Waals surface area contributed by atoms with Gasteiger partial charge in [0, 0.05) is 23.7 Å². The summed E-state index contributed by atoms with van der Waals surface area (Å²) < 4.78 is 0. The van der Waals surface area contributed by atoms with E-state index in [-0.39, 0.29) is 9.92 Å². The predicted octanol–water partition coefficient (Wildman–Crippen LogP) is 4.39. The number of thiophene rings is 1. The Balaban J connectivity index is 1.96. The van der Waals surface area contributed by atoms with Gasteiger partial charge in [-0.3, -0.25) is 10.1 Å². The highest BCUT2D eigenvalue weighted by Gasteiger charge is 2.09. The molecule has 1 aromatic heterocycles. The molecular weight excluding hydrogens is 260 g/mol. The summed E-state index contributed by atoms with van der Waals surface area (Å²) in [6.45, 7) is 4.92. The minimum atomic E-state index is -0.356. The molecule has 100 valence electrons. The number of anilines is 1. The molecule has 0 atom stereocenters. The molecule has 1 heterocycles. The van der Waals surface area contributed by atoms with Crippen molar-refractivity contribution >= 4 is 22.0 Å². The van der Waals surface area contributed by atoms with E-state index in [2.05, 4.69) is 31.3 Å². The number of nitro groups is 1. The van der Waals surface area contributed by atoms with Crippen molar-refractivity contribution in [2.45, 2.75) is 26.3 Å². The SMILES string of the molecule is CC(C)c1ccc(NCc2csc([N+](=O)[O-])c2)cc1. The van der Waals surface area contributed by atoms with Gasteiger partial charge in [-0.25, -0.2) is 0 Å². The Bertz CT molecular complexity index is 561. The molecule has 0 amide bonds. The van der Waals surface area contributed by atoms with Crippen LogP contribution in [0.4, 0.5) is 10.7 Å². The van der Waals surface area contributed by atoms with Crippen molar-refractivity contribution in [2.75, 3.05) is 5.32 Å². The van der Waals surface area contributed by atoms with Gasteiger partial charge in [-0.05, 0) is 29.2 Å². The Hall–Kier alpha value is -1.88. The van der Waals surface area contributed by atoms with Crippen LogP contribution in [0, 0.1) is 10.1 Å². The fourth-order valence-electron chi connectivity index (χ4n) is 1.74. The van der Waals surface area contributed by atoms with Gasteiger partial charge >= 0.3 is 5.00 Å². The number of rotatable bonds is 5. The molecule has 0 aliphatic carbocycles. The molecule has 0 aliphatic rings. The van der Waals surface area contributed by atoms with Crippen LogP contribution in [0.2, 0.25) is 0 Å². The summed E-state index contributed by atoms with van der Waals surface area (Å²) in [7, 11) is 0. The minimum Gasteiger partial charge on any atom is -0.381 e. The summed E-state index contributed by atoms with van der Waals surface area (Å²) >= 11 is 1.16. The Morgan fingerprint density at radius 2 is 2.00 bits per heavy atom. The lowest BCUT2D eigenvalue weighted by molar-refractivity contribution is -0.380. The number of hydrogen-bond donors (Lipinski definition) is 1. The van der Waals surface area contributed by atoms with Gasteiger partial charge < -0.3 is 5.32 Å². The van der Waals surface area contributed by atoms with E-state index in [1.807, 2.05) is 17.5 Å². The first kappa shape index (κ1) is 13.5. The Morgan fingerprint density at radius 3 is 2.53 bits per heavy atom. The van der Waals surface area contributed by atoms with Crippen molar-refractivity contribution in [3.8, 4) is 0 Å². The van der Waals surface area contributed by atoms with Crippen LogP contribution in [0.15, 0.2) is 35.7 Å². The monoisotopic (exact) mass is 276 g/mol. The van der Waals surface area contributed by atoms with Crippen LogP contribution < -0.4 is 5.32 Å². The highest BCUT2D eigenvalue weighted by atomic mass is 32.1. The molecule has 0 spiro atoms. The zero-order valence-corrected chi connectivity index (χ0v) is 11.7. The topological polar surface area (TPSA) is 55.2 Å². The van der Waals surface area contributed by atoms with Crippen LogP contribution in [0.1, 0.15) is 30.9 Å². The Kier molecular flexibility index (Phi) is 4.16. The third kappa shape index (κ3) is 3.54. The van der Waals surface area contributed by atoms with Gasteiger partial charge in [-0.15, -0.1) is 0 Å². The molecule has 0 radical (unpaired) electrons. The second-order valence-corrected chi connectivity index (χ2v) is 5.57. The predicted molar refractivity (Wildman–Crippen MR) is 78.8 cm³/mol. The molecule has 19 heavy (non-hydrogen) atoms. The van der Waals surface area contributed by atoms with Crippen LogP contribution in [0.5, 0.6) is 0 Å². The van der Waals surface area contributed by atoms with E-state index in [1.165, 1.54) is 5.56 Å². The Labute approximate surface area is 116 Å². The van der Waals surface area contributed by atoms with Crippen molar-refractivity contribution < 1.29 is 4.92 Å². The lowest BCUT2D eigenvalue weighted by Gasteiger charge is -2.08. The standard InChI is InChI=1S/C14H16N2O2S/c1-10(2)12-3-5-13(6-4-12)15-8-11-7-14(16(17)18)19-9-11/h3-7,9-10,15H,8H2,1-2H3. The van der Waals surface area contributed by atoms with Gasteiger partial charge in [-0.2, -0.15) is 0 Å². The van der Waals surface area contributed by atoms with Gasteiger partial charge in [0.05, 0.1) is 4.92 Å². The maximum Gasteiger partial charge on any atom is 0.324 e. The molecule has 1 aromatic carbocycles. The second-order valence-electron chi connectivity index (χ2n) is 4.68. The lowest BCUT2D eigenvalue weighted by atomic mass is 10.0. The van der Waals surface area contributed by atoms with Crippen LogP contribution in [0.3, 0.4) is 0 Å². The number of nitrogens with one attached hydrogen (secondary N) is 1. The number of benzene rings is 1. The van der Waals surface area contributed by atoms with Crippen molar-refractivity contribution in [2.24, 2.45) is 0 Å². The first-order chi connectivity index (χ1) is 9.06. The summed E-state index contributed by atoms with van der Waals surface area (Å²) in [6, 6.07) is 9.89. The van der Waals surface area contributed by atoms with Crippen molar-refractivity contribution in [3.63, 3.8) is 0 Å². The molecular formula is C14H16N2O2S. The molecule has 0 fully saturated rings. The van der Waals surface area contributed by atoms with Crippen LogP contribution in [0.25, 0.3) is 0 Å². The highest BCUT2D eigenvalue weighted by molar-refractivity contribution is 7.13. The van der Waals surface area contributed by atoms with E-state index < -0.39 is 0 Å². The van der Waals surface area contributed by atoms with Crippen molar-refractivity contribution in [1.29, 1.82) is 0 Å².